The van der Waals surface area contributed by atoms with Crippen LogP contribution >= 0.6 is 11.6 Å². The van der Waals surface area contributed by atoms with Crippen LogP contribution in [0, 0.1) is 0 Å². The van der Waals surface area contributed by atoms with Crippen LogP contribution in [0.25, 0.3) is 0 Å². The monoisotopic (exact) mass is 282 g/mol. The fraction of sp³-hybridized carbons (Fsp3) is 0.400. The number of ether oxygens (including phenoxy) is 1. The van der Waals surface area contributed by atoms with Crippen LogP contribution in [0.3, 0.4) is 0 Å². The van der Waals surface area contributed by atoms with E-state index in [0.717, 1.165) is 4.90 Å². The highest BCUT2D eigenvalue weighted by molar-refractivity contribution is 6.31. The zero-order chi connectivity index (χ0) is 13.9. The van der Waals surface area contributed by atoms with Gasteiger partial charge in [-0.15, -0.1) is 0 Å². The topological polar surface area (TPSA) is 42.4 Å². The van der Waals surface area contributed by atoms with E-state index in [-0.39, 0.29) is 16.7 Å². The number of hydrogen-bond acceptors (Lipinski definition) is 4. The van der Waals surface area contributed by atoms with Crippen molar-refractivity contribution in [2.24, 2.45) is 0 Å². The van der Waals surface area contributed by atoms with Gasteiger partial charge in [0.1, 0.15) is 12.4 Å². The predicted octanol–water partition coefficient (Wildman–Crippen LogP) is 2.66. The van der Waals surface area contributed by atoms with E-state index in [0.29, 0.717) is 0 Å². The first-order valence-electron chi connectivity index (χ1n) is 4.82. The molecule has 100 valence electrons. The van der Waals surface area contributed by atoms with Crippen molar-refractivity contribution >= 4 is 23.4 Å². The lowest BCUT2D eigenvalue weighted by atomic mass is 10.4. The Morgan fingerprint density at radius 3 is 2.56 bits per heavy atom. The van der Waals surface area contributed by atoms with E-state index in [4.69, 9.17) is 16.3 Å². The molecule has 18 heavy (non-hydrogen) atoms. The van der Waals surface area contributed by atoms with Crippen molar-refractivity contribution < 1.29 is 22.7 Å². The molecule has 4 nitrogen and oxygen atoms in total. The maximum absolute atomic E-state index is 12.2. The van der Waals surface area contributed by atoms with Gasteiger partial charge in [-0.1, -0.05) is 11.6 Å². The molecule has 0 spiro atoms. The summed E-state index contributed by atoms with van der Waals surface area (Å²) in [4.78, 5) is 15.3. The highest BCUT2D eigenvalue weighted by Gasteiger charge is 2.30. The summed E-state index contributed by atoms with van der Waals surface area (Å²) in [5.41, 5.74) is 0. The number of carbonyl (C=O) groups is 1. The van der Waals surface area contributed by atoms with Crippen molar-refractivity contribution in [3.63, 3.8) is 0 Å². The Labute approximate surface area is 106 Å². The molecule has 0 aromatic carbocycles. The van der Waals surface area contributed by atoms with Gasteiger partial charge in [0.2, 0.25) is 0 Å². The Hall–Kier alpha value is -1.50. The predicted molar refractivity (Wildman–Crippen MR) is 59.9 cm³/mol. The number of aromatic nitrogens is 1. The van der Waals surface area contributed by atoms with Crippen LogP contribution in [0.1, 0.15) is 6.92 Å². The van der Waals surface area contributed by atoms with Crippen LogP contribution in [-0.4, -0.2) is 30.7 Å². The van der Waals surface area contributed by atoms with Gasteiger partial charge in [-0.05, 0) is 12.1 Å². The van der Waals surface area contributed by atoms with Gasteiger partial charge >= 0.3 is 12.1 Å². The van der Waals surface area contributed by atoms with Gasteiger partial charge in [0.05, 0.1) is 0 Å². The van der Waals surface area contributed by atoms with Crippen molar-refractivity contribution in [3.05, 3.63) is 17.3 Å². The second kappa shape index (κ2) is 5.43. The zero-order valence-electron chi connectivity index (χ0n) is 9.58. The van der Waals surface area contributed by atoms with E-state index in [1.807, 2.05) is 0 Å². The summed E-state index contributed by atoms with van der Waals surface area (Å²) in [6.45, 7) is 0.0310. The molecule has 0 aliphatic heterocycles. The second-order valence-corrected chi connectivity index (χ2v) is 3.88. The molecule has 0 radical (unpaired) electrons. The van der Waals surface area contributed by atoms with Crippen LogP contribution in [0.2, 0.25) is 5.15 Å². The van der Waals surface area contributed by atoms with Gasteiger partial charge < -0.3 is 9.64 Å². The molecular weight excluding hydrogens is 273 g/mol. The van der Waals surface area contributed by atoms with Crippen molar-refractivity contribution in [2.45, 2.75) is 13.1 Å². The van der Waals surface area contributed by atoms with E-state index in [2.05, 4.69) is 4.98 Å². The van der Waals surface area contributed by atoms with E-state index in [1.54, 1.807) is 0 Å². The van der Waals surface area contributed by atoms with Gasteiger partial charge in [0, 0.05) is 14.0 Å². The molecule has 0 atom stereocenters. The Kier molecular flexibility index (Phi) is 4.39. The number of nitrogens with zero attached hydrogens (tertiary/aromatic N) is 2. The van der Waals surface area contributed by atoms with Crippen LogP contribution in [0.15, 0.2) is 12.1 Å². The number of carbonyl (C=O) groups excluding carboxylic acids is 1. The first kappa shape index (κ1) is 14.6. The van der Waals surface area contributed by atoms with E-state index in [9.17, 15) is 18.0 Å². The minimum Gasteiger partial charge on any atom is -0.423 e. The van der Waals surface area contributed by atoms with Crippen LogP contribution in [0.5, 0.6) is 5.75 Å². The van der Waals surface area contributed by atoms with Crippen molar-refractivity contribution in [1.29, 1.82) is 0 Å². The van der Waals surface area contributed by atoms with E-state index < -0.39 is 18.7 Å². The molecule has 0 aliphatic rings. The van der Waals surface area contributed by atoms with E-state index >= 15 is 0 Å². The number of anilines is 1. The average molecular weight is 283 g/mol. The maximum atomic E-state index is 12.2. The largest absolute Gasteiger partial charge is 0.423 e. The highest BCUT2D eigenvalue weighted by atomic mass is 35.5. The molecule has 0 N–H and O–H groups in total. The van der Waals surface area contributed by atoms with Gasteiger partial charge in [-0.25, -0.2) is 4.98 Å². The number of hydrogen-bond donors (Lipinski definition) is 0. The summed E-state index contributed by atoms with van der Waals surface area (Å²) in [5, 5.41) is -0.170. The zero-order valence-corrected chi connectivity index (χ0v) is 10.3. The van der Waals surface area contributed by atoms with Gasteiger partial charge in [0.25, 0.3) is 0 Å². The number of halogens is 4. The third-order valence-corrected chi connectivity index (χ3v) is 2.13. The molecule has 0 saturated heterocycles. The Morgan fingerprint density at radius 2 is 2.11 bits per heavy atom. The number of rotatable bonds is 3. The lowest BCUT2D eigenvalue weighted by molar-refractivity contribution is -0.131. The minimum absolute atomic E-state index is 0.00771. The molecule has 0 amide bonds. The standard InChI is InChI=1S/C10H10ClF3N2O2/c1-6(17)18-7-3-4-8(15-9(7)11)16(2)5-10(12,13)14/h3-4H,5H2,1-2H3. The first-order chi connectivity index (χ1) is 8.19. The molecule has 8 heteroatoms. The third-order valence-electron chi connectivity index (χ3n) is 1.86. The quantitative estimate of drug-likeness (QED) is 0.631. The normalized spacial score (nSPS) is 11.2. The van der Waals surface area contributed by atoms with Gasteiger partial charge in [-0.3, -0.25) is 4.79 Å². The summed E-state index contributed by atoms with van der Waals surface area (Å²) in [6, 6.07) is 2.58. The summed E-state index contributed by atoms with van der Waals surface area (Å²) >= 11 is 5.69. The Balaban J connectivity index is 2.87. The molecule has 1 aromatic heterocycles. The SMILES string of the molecule is CC(=O)Oc1ccc(N(C)CC(F)(F)F)nc1Cl. The molecule has 0 fully saturated rings. The lowest BCUT2D eigenvalue weighted by Gasteiger charge is -2.20. The van der Waals surface area contributed by atoms with Crippen molar-refractivity contribution in [3.8, 4) is 5.75 Å². The molecule has 1 rings (SSSR count). The third kappa shape index (κ3) is 4.40. The molecule has 1 aromatic rings. The Bertz CT molecular complexity index is 451. The molecule has 0 bridgehead atoms. The Morgan fingerprint density at radius 1 is 1.50 bits per heavy atom. The molecule has 1 heterocycles. The van der Waals surface area contributed by atoms with Gasteiger partial charge in [0.15, 0.2) is 10.9 Å². The molecular formula is C10H10ClF3N2O2. The van der Waals surface area contributed by atoms with Crippen LogP contribution in [-0.2, 0) is 4.79 Å². The molecule has 0 unspecified atom stereocenters. The summed E-state index contributed by atoms with van der Waals surface area (Å²) in [6.07, 6.45) is -4.34. The van der Waals surface area contributed by atoms with Crippen LogP contribution in [0.4, 0.5) is 19.0 Å². The second-order valence-electron chi connectivity index (χ2n) is 3.52. The maximum Gasteiger partial charge on any atom is 0.405 e. The summed E-state index contributed by atoms with van der Waals surface area (Å²) < 4.78 is 41.2. The van der Waals surface area contributed by atoms with Crippen molar-refractivity contribution in [2.75, 3.05) is 18.5 Å². The fourth-order valence-corrected chi connectivity index (χ4v) is 1.39. The lowest BCUT2D eigenvalue weighted by Crippen LogP contribution is -2.31. The molecule has 0 saturated carbocycles. The van der Waals surface area contributed by atoms with Crippen molar-refractivity contribution in [1.82, 2.24) is 4.98 Å². The first-order valence-corrected chi connectivity index (χ1v) is 5.19. The number of esters is 1. The highest BCUT2D eigenvalue weighted by Crippen LogP contribution is 2.26. The minimum atomic E-state index is -4.34. The number of alkyl halides is 3. The number of pyridine rings is 1. The summed E-state index contributed by atoms with van der Waals surface area (Å²) in [7, 11) is 1.23. The van der Waals surface area contributed by atoms with E-state index in [1.165, 1.54) is 26.1 Å². The van der Waals surface area contributed by atoms with Gasteiger partial charge in [-0.2, -0.15) is 13.2 Å². The smallest absolute Gasteiger partial charge is 0.405 e. The summed E-state index contributed by atoms with van der Waals surface area (Å²) in [5.74, 6) is -0.545. The average Bonchev–Trinajstić information content (AvgIpc) is 2.17. The van der Waals surface area contributed by atoms with Crippen LogP contribution < -0.4 is 9.64 Å². The molecule has 0 aliphatic carbocycles. The fourth-order valence-electron chi connectivity index (χ4n) is 1.21.